The Balaban J connectivity index is 2.96. The number of aryl methyl sites for hydroxylation is 1. The van der Waals surface area contributed by atoms with Crippen molar-refractivity contribution in [1.29, 1.82) is 0 Å². The fourth-order valence-corrected chi connectivity index (χ4v) is 1.24. The summed E-state index contributed by atoms with van der Waals surface area (Å²) in [5.41, 5.74) is 1.02. The van der Waals surface area contributed by atoms with Gasteiger partial charge in [0.05, 0.1) is 0 Å². The van der Waals surface area contributed by atoms with Crippen molar-refractivity contribution in [3.05, 3.63) is 29.1 Å². The standard InChI is InChI=1S/C8H11NOS/c1-2-4-7-5-3-6-9(10)8(7)11/h3,5-6,11H,2,4H2,1H3. The summed E-state index contributed by atoms with van der Waals surface area (Å²) in [6.45, 7) is 2.08. The van der Waals surface area contributed by atoms with Gasteiger partial charge in [0.2, 0.25) is 0 Å². The molecule has 0 aromatic carbocycles. The van der Waals surface area contributed by atoms with E-state index < -0.39 is 0 Å². The van der Waals surface area contributed by atoms with E-state index >= 15 is 0 Å². The number of hydrogen-bond acceptors (Lipinski definition) is 2. The van der Waals surface area contributed by atoms with E-state index in [0.717, 1.165) is 23.1 Å². The van der Waals surface area contributed by atoms with Crippen LogP contribution in [0.2, 0.25) is 0 Å². The summed E-state index contributed by atoms with van der Waals surface area (Å²) in [4.78, 5) is 0. The van der Waals surface area contributed by atoms with Gasteiger partial charge in [0.25, 0.3) is 5.03 Å². The lowest BCUT2D eigenvalue weighted by Crippen LogP contribution is -2.28. The van der Waals surface area contributed by atoms with Gasteiger partial charge in [0, 0.05) is 11.6 Å². The van der Waals surface area contributed by atoms with Crippen molar-refractivity contribution in [3.63, 3.8) is 0 Å². The lowest BCUT2D eigenvalue weighted by atomic mass is 10.2. The molecule has 0 aliphatic carbocycles. The molecule has 0 saturated carbocycles. The molecule has 0 aliphatic heterocycles. The number of nitrogens with zero attached hydrogens (tertiary/aromatic N) is 1. The molecule has 0 N–H and O–H groups in total. The molecule has 60 valence electrons. The third-order valence-corrected chi connectivity index (χ3v) is 2.02. The van der Waals surface area contributed by atoms with Crippen LogP contribution in [0.3, 0.4) is 0 Å². The smallest absolute Gasteiger partial charge is 0.251 e. The van der Waals surface area contributed by atoms with E-state index in [-0.39, 0.29) is 0 Å². The van der Waals surface area contributed by atoms with Crippen LogP contribution in [0, 0.1) is 5.21 Å². The van der Waals surface area contributed by atoms with E-state index in [0.29, 0.717) is 5.03 Å². The second kappa shape index (κ2) is 3.62. The normalized spacial score (nSPS) is 10.0. The molecule has 3 heteroatoms. The zero-order valence-electron chi connectivity index (χ0n) is 6.45. The molecule has 0 bridgehead atoms. The molecule has 0 radical (unpaired) electrons. The Morgan fingerprint density at radius 3 is 3.00 bits per heavy atom. The van der Waals surface area contributed by atoms with Gasteiger partial charge < -0.3 is 5.21 Å². The van der Waals surface area contributed by atoms with Gasteiger partial charge in [-0.2, -0.15) is 4.73 Å². The van der Waals surface area contributed by atoms with Gasteiger partial charge in [-0.15, -0.1) is 0 Å². The first-order valence-corrected chi connectivity index (χ1v) is 4.10. The minimum Gasteiger partial charge on any atom is -0.618 e. The lowest BCUT2D eigenvalue weighted by molar-refractivity contribution is -0.645. The minimum atomic E-state index is 0.523. The largest absolute Gasteiger partial charge is 0.618 e. The van der Waals surface area contributed by atoms with E-state index in [1.165, 1.54) is 6.20 Å². The van der Waals surface area contributed by atoms with Gasteiger partial charge in [-0.1, -0.05) is 26.0 Å². The van der Waals surface area contributed by atoms with Crippen molar-refractivity contribution in [2.45, 2.75) is 24.8 Å². The van der Waals surface area contributed by atoms with Crippen LogP contribution in [-0.4, -0.2) is 0 Å². The van der Waals surface area contributed by atoms with E-state index in [1.807, 2.05) is 6.07 Å². The Bertz CT molecular complexity index is 250. The molecule has 1 aromatic heterocycles. The molecule has 11 heavy (non-hydrogen) atoms. The van der Waals surface area contributed by atoms with Gasteiger partial charge in [-0.3, -0.25) is 0 Å². The predicted molar refractivity (Wildman–Crippen MR) is 46.6 cm³/mol. The third-order valence-electron chi connectivity index (χ3n) is 1.53. The van der Waals surface area contributed by atoms with Gasteiger partial charge in [-0.05, 0) is 12.5 Å². The third kappa shape index (κ3) is 1.87. The van der Waals surface area contributed by atoms with Gasteiger partial charge >= 0.3 is 0 Å². The molecule has 1 rings (SSSR count). The zero-order chi connectivity index (χ0) is 8.27. The Morgan fingerprint density at radius 2 is 2.36 bits per heavy atom. The first-order valence-electron chi connectivity index (χ1n) is 3.65. The highest BCUT2D eigenvalue weighted by Gasteiger charge is 2.04. The van der Waals surface area contributed by atoms with Gasteiger partial charge in [-0.25, -0.2) is 0 Å². The quantitative estimate of drug-likeness (QED) is 0.406. The second-order valence-corrected chi connectivity index (χ2v) is 2.86. The summed E-state index contributed by atoms with van der Waals surface area (Å²) in [6, 6.07) is 3.68. The van der Waals surface area contributed by atoms with Crippen LogP contribution in [0.4, 0.5) is 0 Å². The summed E-state index contributed by atoms with van der Waals surface area (Å²) >= 11 is 4.10. The number of hydrogen-bond donors (Lipinski definition) is 1. The summed E-state index contributed by atoms with van der Waals surface area (Å²) < 4.78 is 0.786. The molecule has 1 heterocycles. The first kappa shape index (κ1) is 8.40. The van der Waals surface area contributed by atoms with Crippen molar-refractivity contribution in [1.82, 2.24) is 0 Å². The van der Waals surface area contributed by atoms with Gasteiger partial charge in [0.15, 0.2) is 6.20 Å². The zero-order valence-corrected chi connectivity index (χ0v) is 7.34. The lowest BCUT2D eigenvalue weighted by Gasteiger charge is -2.02. The van der Waals surface area contributed by atoms with Crippen molar-refractivity contribution < 1.29 is 4.73 Å². The van der Waals surface area contributed by atoms with E-state index in [2.05, 4.69) is 19.6 Å². The molecule has 0 fully saturated rings. The number of thiol groups is 1. The number of pyridine rings is 1. The highest BCUT2D eigenvalue weighted by molar-refractivity contribution is 7.80. The molecule has 0 aliphatic rings. The second-order valence-electron chi connectivity index (χ2n) is 2.43. The van der Waals surface area contributed by atoms with Crippen LogP contribution < -0.4 is 4.73 Å². The minimum absolute atomic E-state index is 0.523. The molecule has 0 saturated heterocycles. The van der Waals surface area contributed by atoms with Crippen LogP contribution in [0.5, 0.6) is 0 Å². The van der Waals surface area contributed by atoms with Gasteiger partial charge in [0.1, 0.15) is 0 Å². The van der Waals surface area contributed by atoms with Crippen molar-refractivity contribution in [2.75, 3.05) is 0 Å². The van der Waals surface area contributed by atoms with Crippen LogP contribution in [-0.2, 0) is 6.42 Å². The maximum absolute atomic E-state index is 11.0. The van der Waals surface area contributed by atoms with Crippen molar-refractivity contribution >= 4 is 12.6 Å². The van der Waals surface area contributed by atoms with Crippen molar-refractivity contribution in [3.8, 4) is 0 Å². The topological polar surface area (TPSA) is 26.9 Å². The van der Waals surface area contributed by atoms with E-state index in [1.54, 1.807) is 6.07 Å². The summed E-state index contributed by atoms with van der Waals surface area (Å²) in [7, 11) is 0. The fraction of sp³-hybridized carbons (Fsp3) is 0.375. The number of rotatable bonds is 2. The summed E-state index contributed by atoms with van der Waals surface area (Å²) in [6.07, 6.45) is 3.42. The van der Waals surface area contributed by atoms with Crippen LogP contribution in [0.1, 0.15) is 18.9 Å². The molecule has 0 unspecified atom stereocenters. The Hall–Kier alpha value is -0.700. The Morgan fingerprint density at radius 1 is 1.64 bits per heavy atom. The van der Waals surface area contributed by atoms with E-state index in [4.69, 9.17) is 0 Å². The van der Waals surface area contributed by atoms with E-state index in [9.17, 15) is 5.21 Å². The maximum atomic E-state index is 11.0. The maximum Gasteiger partial charge on any atom is 0.251 e. The average Bonchev–Trinajstić information content (AvgIpc) is 1.99. The molecule has 0 amide bonds. The molecule has 2 nitrogen and oxygen atoms in total. The summed E-state index contributed by atoms with van der Waals surface area (Å²) in [5, 5.41) is 11.5. The monoisotopic (exact) mass is 169 g/mol. The molecule has 0 spiro atoms. The molecule has 0 atom stereocenters. The Labute approximate surface area is 71.9 Å². The van der Waals surface area contributed by atoms with Crippen LogP contribution >= 0.6 is 12.6 Å². The van der Waals surface area contributed by atoms with Crippen molar-refractivity contribution in [2.24, 2.45) is 0 Å². The highest BCUT2D eigenvalue weighted by Crippen LogP contribution is 2.09. The van der Waals surface area contributed by atoms with Crippen LogP contribution in [0.25, 0.3) is 0 Å². The summed E-state index contributed by atoms with van der Waals surface area (Å²) in [5.74, 6) is 0. The Kier molecular flexibility index (Phi) is 2.76. The van der Waals surface area contributed by atoms with Crippen LogP contribution in [0.15, 0.2) is 23.4 Å². The first-order chi connectivity index (χ1) is 5.25. The fourth-order valence-electron chi connectivity index (χ4n) is 0.989. The SMILES string of the molecule is CCCc1ccc[n+]([O-])c1S. The molecule has 1 aromatic rings. The highest BCUT2D eigenvalue weighted by atomic mass is 32.1. The molecular weight excluding hydrogens is 158 g/mol. The molecular formula is C8H11NOS. The number of aromatic nitrogens is 1. The average molecular weight is 169 g/mol. The predicted octanol–water partition coefficient (Wildman–Crippen LogP) is 1.56.